The van der Waals surface area contributed by atoms with Gasteiger partial charge in [-0.05, 0) is 37.6 Å². The summed E-state index contributed by atoms with van der Waals surface area (Å²) in [5, 5.41) is 4.82. The predicted molar refractivity (Wildman–Crippen MR) is 148 cm³/mol. The Hall–Kier alpha value is -3.34. The maximum absolute atomic E-state index is 15.3. The van der Waals surface area contributed by atoms with E-state index < -0.39 is 11.6 Å². The Morgan fingerprint density at radius 3 is 2.31 bits per heavy atom. The molecule has 0 unspecified atom stereocenters. The van der Waals surface area contributed by atoms with E-state index in [1.54, 1.807) is 11.1 Å². The van der Waals surface area contributed by atoms with Crippen LogP contribution in [0.2, 0.25) is 0 Å². The van der Waals surface area contributed by atoms with Crippen molar-refractivity contribution in [2.75, 3.05) is 68.2 Å². The molecule has 2 aromatic carbocycles. The molecule has 1 aromatic heterocycles. The zero-order chi connectivity index (χ0) is 26.8. The zero-order valence-corrected chi connectivity index (χ0v) is 22.3. The van der Waals surface area contributed by atoms with E-state index in [2.05, 4.69) is 44.3 Å². The summed E-state index contributed by atoms with van der Waals surface area (Å²) in [6.45, 7) is 6.14. The second-order valence-corrected chi connectivity index (χ2v) is 10.6. The number of anilines is 4. The molecule has 1 atom stereocenters. The number of piperazine rings is 1. The van der Waals surface area contributed by atoms with Crippen molar-refractivity contribution in [1.29, 1.82) is 0 Å². The average Bonchev–Trinajstić information content (AvgIpc) is 3.45. The monoisotopic (exact) mass is 535 g/mol. The molecule has 3 fully saturated rings. The minimum Gasteiger partial charge on any atom is -0.367 e. The predicted octanol–water partition coefficient (Wildman–Crippen LogP) is 4.60. The highest BCUT2D eigenvalue weighted by molar-refractivity contribution is 5.64. The summed E-state index contributed by atoms with van der Waals surface area (Å²) < 4.78 is 30.5. The number of nitrogens with one attached hydrogen (secondary N) is 1. The normalized spacial score (nSPS) is 21.5. The summed E-state index contributed by atoms with van der Waals surface area (Å²) in [6.07, 6.45) is 4.08. The van der Waals surface area contributed by atoms with Crippen LogP contribution < -0.4 is 15.3 Å². The molecule has 1 N–H and O–H groups in total. The molecule has 39 heavy (non-hydrogen) atoms. The van der Waals surface area contributed by atoms with Crippen LogP contribution in [0.25, 0.3) is 0 Å². The molecule has 3 aromatic rings. The Balaban J connectivity index is 1.12. The summed E-state index contributed by atoms with van der Waals surface area (Å²) in [6, 6.07) is 15.0. The van der Waals surface area contributed by atoms with E-state index in [4.69, 9.17) is 4.84 Å². The summed E-state index contributed by atoms with van der Waals surface area (Å²) in [5.41, 5.74) is 1.49. The fraction of sp³-hybridized carbons (Fsp3) is 0.448. The van der Waals surface area contributed by atoms with Crippen molar-refractivity contribution in [3.8, 4) is 0 Å². The molecule has 0 spiro atoms. The fourth-order valence-electron chi connectivity index (χ4n) is 5.94. The van der Waals surface area contributed by atoms with Crippen molar-refractivity contribution < 1.29 is 13.6 Å². The first-order valence-corrected chi connectivity index (χ1v) is 13.8. The van der Waals surface area contributed by atoms with Crippen molar-refractivity contribution in [2.45, 2.75) is 31.3 Å². The smallest absolute Gasteiger partial charge is 0.158 e. The molecule has 0 aliphatic carbocycles. The summed E-state index contributed by atoms with van der Waals surface area (Å²) >= 11 is 0. The van der Waals surface area contributed by atoms with Gasteiger partial charge in [0.05, 0.1) is 12.6 Å². The molecule has 0 radical (unpaired) electrons. The van der Waals surface area contributed by atoms with Gasteiger partial charge in [-0.1, -0.05) is 30.3 Å². The minimum atomic E-state index is -0.572. The van der Waals surface area contributed by atoms with Crippen molar-refractivity contribution in [2.24, 2.45) is 0 Å². The number of piperidine rings is 1. The first kappa shape index (κ1) is 25.9. The van der Waals surface area contributed by atoms with Crippen LogP contribution in [-0.4, -0.2) is 78.7 Å². The van der Waals surface area contributed by atoms with Crippen LogP contribution in [0.1, 0.15) is 30.9 Å². The number of benzene rings is 2. The third kappa shape index (κ3) is 5.68. The maximum atomic E-state index is 15.3. The zero-order valence-electron chi connectivity index (χ0n) is 22.3. The maximum Gasteiger partial charge on any atom is 0.158 e. The Kier molecular flexibility index (Phi) is 7.58. The number of halogens is 2. The molecular formula is C29H35F2N7O. The molecule has 3 aliphatic rings. The van der Waals surface area contributed by atoms with Gasteiger partial charge >= 0.3 is 0 Å². The van der Waals surface area contributed by atoms with Crippen molar-refractivity contribution in [3.05, 3.63) is 72.1 Å². The van der Waals surface area contributed by atoms with E-state index in [1.165, 1.54) is 18.5 Å². The van der Waals surface area contributed by atoms with Gasteiger partial charge in [0.25, 0.3) is 0 Å². The van der Waals surface area contributed by atoms with Gasteiger partial charge in [-0.15, -0.1) is 0 Å². The third-order valence-electron chi connectivity index (χ3n) is 8.09. The van der Waals surface area contributed by atoms with Gasteiger partial charge in [0.1, 0.15) is 17.8 Å². The molecule has 0 saturated carbocycles. The molecule has 0 bridgehead atoms. The van der Waals surface area contributed by atoms with Gasteiger partial charge in [0, 0.05) is 63.5 Å². The summed E-state index contributed by atoms with van der Waals surface area (Å²) in [7, 11) is 2.15. The molecule has 3 saturated heterocycles. The molecule has 8 nitrogen and oxygen atoms in total. The molecular weight excluding hydrogens is 500 g/mol. The SMILES string of the molecule is CN1CCN(C2CCN(c3c(F)cc(Nc4cc(N5OCC[C@@H]5c5ccccc5)ncn4)cc3F)CC2)CC1. The van der Waals surface area contributed by atoms with Crippen molar-refractivity contribution >= 4 is 23.0 Å². The van der Waals surface area contributed by atoms with E-state index in [0.717, 1.165) is 51.0 Å². The number of hydrogen-bond donors (Lipinski definition) is 1. The standard InChI is InChI=1S/C29H35F2N7O/c1-35-12-14-36(15-13-35)23-7-10-37(11-8-23)29-24(30)17-22(18-25(29)31)34-27-19-28(33-20-32-27)38-26(9-16-39-38)21-5-3-2-4-6-21/h2-6,17-20,23,26H,7-16H2,1H3,(H,32,33,34)/t26-/m1/s1. The molecule has 6 rings (SSSR count). The van der Waals surface area contributed by atoms with E-state index in [1.807, 2.05) is 23.1 Å². The van der Waals surface area contributed by atoms with Gasteiger partial charge in [-0.2, -0.15) is 0 Å². The highest BCUT2D eigenvalue weighted by atomic mass is 19.1. The number of likely N-dealkylation sites (N-methyl/N-ethyl adjacent to an activating group) is 1. The number of nitrogens with zero attached hydrogens (tertiary/aromatic N) is 6. The summed E-state index contributed by atoms with van der Waals surface area (Å²) in [4.78, 5) is 21.2. The van der Waals surface area contributed by atoms with E-state index in [-0.39, 0.29) is 11.7 Å². The van der Waals surface area contributed by atoms with Gasteiger partial charge in [0.2, 0.25) is 0 Å². The lowest BCUT2D eigenvalue weighted by molar-refractivity contribution is 0.0980. The third-order valence-corrected chi connectivity index (χ3v) is 8.09. The largest absolute Gasteiger partial charge is 0.367 e. The topological polar surface area (TPSA) is 60.0 Å². The van der Waals surface area contributed by atoms with Gasteiger partial charge < -0.3 is 15.1 Å². The number of hydrogen-bond acceptors (Lipinski definition) is 8. The first-order valence-electron chi connectivity index (χ1n) is 13.8. The number of aromatic nitrogens is 2. The molecule has 206 valence electrons. The van der Waals surface area contributed by atoms with Crippen molar-refractivity contribution in [3.63, 3.8) is 0 Å². The Morgan fingerprint density at radius 2 is 1.59 bits per heavy atom. The second kappa shape index (κ2) is 11.4. The van der Waals surface area contributed by atoms with Crippen molar-refractivity contribution in [1.82, 2.24) is 19.8 Å². The van der Waals surface area contributed by atoms with Gasteiger partial charge in [-0.3, -0.25) is 9.74 Å². The van der Waals surface area contributed by atoms with E-state index in [0.29, 0.717) is 43.1 Å². The van der Waals surface area contributed by atoms with E-state index in [9.17, 15) is 0 Å². The van der Waals surface area contributed by atoms with Crippen LogP contribution >= 0.6 is 0 Å². The van der Waals surface area contributed by atoms with Crippen LogP contribution in [0.15, 0.2) is 54.9 Å². The Morgan fingerprint density at radius 1 is 0.872 bits per heavy atom. The quantitative estimate of drug-likeness (QED) is 0.492. The molecule has 10 heteroatoms. The molecule has 0 amide bonds. The van der Waals surface area contributed by atoms with Crippen LogP contribution in [0.5, 0.6) is 0 Å². The van der Waals surface area contributed by atoms with Crippen LogP contribution in [0, 0.1) is 11.6 Å². The van der Waals surface area contributed by atoms with Gasteiger partial charge in [0.15, 0.2) is 17.5 Å². The Labute approximate surface area is 228 Å². The number of rotatable bonds is 6. The highest BCUT2D eigenvalue weighted by Gasteiger charge is 2.30. The highest BCUT2D eigenvalue weighted by Crippen LogP contribution is 2.35. The average molecular weight is 536 g/mol. The van der Waals surface area contributed by atoms with Crippen LogP contribution in [0.3, 0.4) is 0 Å². The lowest BCUT2D eigenvalue weighted by Crippen LogP contribution is -2.52. The fourth-order valence-corrected chi connectivity index (χ4v) is 5.94. The second-order valence-electron chi connectivity index (χ2n) is 10.6. The number of hydroxylamine groups is 1. The minimum absolute atomic E-state index is 0.0310. The summed E-state index contributed by atoms with van der Waals surface area (Å²) in [5.74, 6) is -0.129. The molecule has 3 aliphatic heterocycles. The Bertz CT molecular complexity index is 1240. The van der Waals surface area contributed by atoms with Gasteiger partial charge in [-0.25, -0.2) is 23.8 Å². The van der Waals surface area contributed by atoms with Crippen LogP contribution in [-0.2, 0) is 4.84 Å². The lowest BCUT2D eigenvalue weighted by atomic mass is 10.0. The van der Waals surface area contributed by atoms with Crippen LogP contribution in [0.4, 0.5) is 31.8 Å². The van der Waals surface area contributed by atoms with E-state index >= 15 is 8.78 Å². The molecule has 4 heterocycles. The lowest BCUT2D eigenvalue weighted by Gasteiger charge is -2.42. The first-order chi connectivity index (χ1) is 19.0.